The first-order chi connectivity index (χ1) is 8.59. The van der Waals surface area contributed by atoms with Crippen LogP contribution < -0.4 is 5.32 Å². The molecule has 18 heavy (non-hydrogen) atoms. The van der Waals surface area contributed by atoms with Crippen LogP contribution in [0.15, 0.2) is 0 Å². The molecule has 0 spiro atoms. The lowest BCUT2D eigenvalue weighted by atomic mass is 10.1. The van der Waals surface area contributed by atoms with Gasteiger partial charge in [-0.2, -0.15) is 17.0 Å². The van der Waals surface area contributed by atoms with Crippen LogP contribution in [0.4, 0.5) is 0 Å². The molecule has 0 atom stereocenters. The molecule has 2 aliphatic rings. The normalized spacial score (nSPS) is 24.4. The first-order valence-corrected chi connectivity index (χ1v) is 8.19. The molecule has 6 nitrogen and oxygen atoms in total. The van der Waals surface area contributed by atoms with Crippen molar-refractivity contribution in [1.29, 1.82) is 0 Å². The molecule has 2 heterocycles. The second kappa shape index (κ2) is 5.83. The summed E-state index contributed by atoms with van der Waals surface area (Å²) >= 11 is 0. The van der Waals surface area contributed by atoms with E-state index in [9.17, 15) is 8.42 Å². The highest BCUT2D eigenvalue weighted by Gasteiger charge is 2.40. The highest BCUT2D eigenvalue weighted by atomic mass is 32.2. The van der Waals surface area contributed by atoms with E-state index in [1.54, 1.807) is 4.31 Å². The molecule has 2 aliphatic heterocycles. The predicted molar refractivity (Wildman–Crippen MR) is 71.6 cm³/mol. The molecule has 2 fully saturated rings. The van der Waals surface area contributed by atoms with Crippen molar-refractivity contribution in [1.82, 2.24) is 18.8 Å². The van der Waals surface area contributed by atoms with E-state index in [-0.39, 0.29) is 0 Å². The van der Waals surface area contributed by atoms with Crippen molar-refractivity contribution in [2.45, 2.75) is 19.9 Å². The van der Waals surface area contributed by atoms with E-state index in [2.05, 4.69) is 10.2 Å². The van der Waals surface area contributed by atoms with Crippen LogP contribution in [0.3, 0.4) is 0 Å². The van der Waals surface area contributed by atoms with Gasteiger partial charge in [-0.05, 0) is 0 Å². The molecule has 7 heteroatoms. The Morgan fingerprint density at radius 2 is 1.72 bits per heavy atom. The molecule has 1 N–H and O–H groups in total. The SMILES string of the molecule is CCN(CC)S(=O)(=O)N1CC(N2CCNCC2)C1. The lowest BCUT2D eigenvalue weighted by Gasteiger charge is -2.46. The van der Waals surface area contributed by atoms with E-state index in [1.165, 1.54) is 4.31 Å². The van der Waals surface area contributed by atoms with E-state index < -0.39 is 10.2 Å². The Hall–Kier alpha value is -0.210. The molecule has 0 aromatic carbocycles. The molecule has 106 valence electrons. The minimum Gasteiger partial charge on any atom is -0.314 e. The van der Waals surface area contributed by atoms with Gasteiger partial charge in [0.1, 0.15) is 0 Å². The third kappa shape index (κ3) is 2.70. The Kier molecular flexibility index (Phi) is 4.60. The molecule has 0 aromatic heterocycles. The first kappa shape index (κ1) is 14.2. The molecule has 0 aromatic rings. The number of rotatable bonds is 5. The van der Waals surface area contributed by atoms with Crippen molar-refractivity contribution < 1.29 is 8.42 Å². The topological polar surface area (TPSA) is 55.9 Å². The number of hydrogen-bond donors (Lipinski definition) is 1. The van der Waals surface area contributed by atoms with Crippen LogP contribution >= 0.6 is 0 Å². The molecule has 0 saturated carbocycles. The maximum absolute atomic E-state index is 12.2. The van der Waals surface area contributed by atoms with E-state index >= 15 is 0 Å². The van der Waals surface area contributed by atoms with Gasteiger partial charge in [0.05, 0.1) is 0 Å². The van der Waals surface area contributed by atoms with Crippen molar-refractivity contribution in [3.63, 3.8) is 0 Å². The zero-order valence-electron chi connectivity index (χ0n) is 11.3. The van der Waals surface area contributed by atoms with Crippen molar-refractivity contribution in [3.8, 4) is 0 Å². The summed E-state index contributed by atoms with van der Waals surface area (Å²) in [7, 11) is -3.21. The number of piperazine rings is 1. The van der Waals surface area contributed by atoms with Crippen LogP contribution in [-0.2, 0) is 10.2 Å². The zero-order chi connectivity index (χ0) is 13.2. The number of nitrogens with one attached hydrogen (secondary N) is 1. The van der Waals surface area contributed by atoms with E-state index in [1.807, 2.05) is 13.8 Å². The van der Waals surface area contributed by atoms with E-state index in [0.717, 1.165) is 26.2 Å². The third-order valence-corrected chi connectivity index (χ3v) is 5.97. The van der Waals surface area contributed by atoms with Gasteiger partial charge in [-0.25, -0.2) is 0 Å². The minimum atomic E-state index is -3.21. The molecule has 0 unspecified atom stereocenters. The lowest BCUT2D eigenvalue weighted by molar-refractivity contribution is 0.0734. The Morgan fingerprint density at radius 1 is 1.17 bits per heavy atom. The highest BCUT2D eigenvalue weighted by Crippen LogP contribution is 2.21. The molecule has 0 amide bonds. The maximum Gasteiger partial charge on any atom is 0.282 e. The highest BCUT2D eigenvalue weighted by molar-refractivity contribution is 7.86. The fraction of sp³-hybridized carbons (Fsp3) is 1.00. The largest absolute Gasteiger partial charge is 0.314 e. The van der Waals surface area contributed by atoms with Gasteiger partial charge in [0, 0.05) is 58.4 Å². The van der Waals surface area contributed by atoms with Crippen LogP contribution in [0, 0.1) is 0 Å². The van der Waals surface area contributed by atoms with Crippen LogP contribution in [0.2, 0.25) is 0 Å². The average molecular weight is 276 g/mol. The Morgan fingerprint density at radius 3 is 2.22 bits per heavy atom. The van der Waals surface area contributed by atoms with Gasteiger partial charge in [-0.3, -0.25) is 4.90 Å². The monoisotopic (exact) mass is 276 g/mol. The van der Waals surface area contributed by atoms with E-state index in [0.29, 0.717) is 32.2 Å². The number of hydrogen-bond acceptors (Lipinski definition) is 4. The summed E-state index contributed by atoms with van der Waals surface area (Å²) in [4.78, 5) is 2.39. The first-order valence-electron chi connectivity index (χ1n) is 6.79. The molecular weight excluding hydrogens is 252 g/mol. The Labute approximate surface area is 110 Å². The zero-order valence-corrected chi connectivity index (χ0v) is 12.1. The summed E-state index contributed by atoms with van der Waals surface area (Å²) < 4.78 is 27.6. The van der Waals surface area contributed by atoms with Gasteiger partial charge >= 0.3 is 0 Å². The second-order valence-corrected chi connectivity index (χ2v) is 6.78. The second-order valence-electron chi connectivity index (χ2n) is 4.85. The van der Waals surface area contributed by atoms with Crippen LogP contribution in [0.1, 0.15) is 13.8 Å². The van der Waals surface area contributed by atoms with Gasteiger partial charge in [0.15, 0.2) is 0 Å². The smallest absolute Gasteiger partial charge is 0.282 e. The van der Waals surface area contributed by atoms with Crippen molar-refractivity contribution in [2.75, 3.05) is 52.4 Å². The van der Waals surface area contributed by atoms with Gasteiger partial charge in [0.2, 0.25) is 0 Å². The van der Waals surface area contributed by atoms with Gasteiger partial charge in [0.25, 0.3) is 10.2 Å². The van der Waals surface area contributed by atoms with Gasteiger partial charge in [-0.1, -0.05) is 13.8 Å². The molecule has 0 bridgehead atoms. The van der Waals surface area contributed by atoms with Crippen LogP contribution in [0.5, 0.6) is 0 Å². The van der Waals surface area contributed by atoms with Crippen LogP contribution in [0.25, 0.3) is 0 Å². The predicted octanol–water partition coefficient (Wildman–Crippen LogP) is -0.838. The Bertz CT molecular complexity index is 357. The van der Waals surface area contributed by atoms with Gasteiger partial charge < -0.3 is 5.32 Å². The summed E-state index contributed by atoms with van der Waals surface area (Å²) in [5.74, 6) is 0. The fourth-order valence-electron chi connectivity index (χ4n) is 2.60. The average Bonchev–Trinajstić information content (AvgIpc) is 2.29. The maximum atomic E-state index is 12.2. The summed E-state index contributed by atoms with van der Waals surface area (Å²) in [5.41, 5.74) is 0. The summed E-state index contributed by atoms with van der Waals surface area (Å²) in [6.45, 7) is 10.3. The molecule has 0 aliphatic carbocycles. The minimum absolute atomic E-state index is 0.414. The summed E-state index contributed by atoms with van der Waals surface area (Å²) in [6, 6.07) is 0.414. The third-order valence-electron chi connectivity index (χ3n) is 3.85. The lowest BCUT2D eigenvalue weighted by Crippen LogP contribution is -2.65. The number of nitrogens with zero attached hydrogens (tertiary/aromatic N) is 3. The molecule has 0 radical (unpaired) electrons. The standard InChI is InChI=1S/C11H24N4O2S/c1-3-14(4-2)18(16,17)15-9-11(10-15)13-7-5-12-6-8-13/h11-12H,3-10H2,1-2H3. The summed E-state index contributed by atoms with van der Waals surface area (Å²) in [5, 5.41) is 3.31. The molecule has 2 rings (SSSR count). The van der Waals surface area contributed by atoms with Crippen molar-refractivity contribution in [2.24, 2.45) is 0 Å². The van der Waals surface area contributed by atoms with E-state index in [4.69, 9.17) is 0 Å². The van der Waals surface area contributed by atoms with Gasteiger partial charge in [-0.15, -0.1) is 0 Å². The molecule has 2 saturated heterocycles. The summed E-state index contributed by atoms with van der Waals surface area (Å²) in [6.07, 6.45) is 0. The fourth-order valence-corrected chi connectivity index (χ4v) is 4.30. The quantitative estimate of drug-likeness (QED) is 0.711. The Balaban J connectivity index is 1.87. The van der Waals surface area contributed by atoms with Crippen molar-refractivity contribution in [3.05, 3.63) is 0 Å². The van der Waals surface area contributed by atoms with Crippen molar-refractivity contribution >= 4 is 10.2 Å². The molecular formula is C11H24N4O2S. The van der Waals surface area contributed by atoms with Crippen LogP contribution in [-0.4, -0.2) is 80.3 Å².